The van der Waals surface area contributed by atoms with Crippen LogP contribution in [0.25, 0.3) is 11.3 Å². The van der Waals surface area contributed by atoms with Crippen LogP contribution in [0.1, 0.15) is 20.7 Å². The number of hydrogen-bond acceptors (Lipinski definition) is 6. The van der Waals surface area contributed by atoms with Crippen LogP contribution < -0.4 is 10.1 Å². The molecule has 7 nitrogen and oxygen atoms in total. The topological polar surface area (TPSA) is 90.7 Å². The first kappa shape index (κ1) is 19.7. The summed E-state index contributed by atoms with van der Waals surface area (Å²) in [5, 5.41) is 6.91. The molecule has 0 aliphatic rings. The Morgan fingerprint density at radius 3 is 2.39 bits per heavy atom. The SMILES string of the molecule is COC(=O)c1c(-c2c(Cl)cccc2Cl)noc1NC(=O)c1cccc(OC)c1. The van der Waals surface area contributed by atoms with Gasteiger partial charge in [0.15, 0.2) is 5.56 Å². The molecule has 2 aromatic carbocycles. The van der Waals surface area contributed by atoms with Gasteiger partial charge < -0.3 is 14.0 Å². The van der Waals surface area contributed by atoms with Crippen LogP contribution in [0.5, 0.6) is 5.75 Å². The summed E-state index contributed by atoms with van der Waals surface area (Å²) in [5.74, 6) is -0.988. The zero-order valence-corrected chi connectivity index (χ0v) is 16.3. The van der Waals surface area contributed by atoms with E-state index >= 15 is 0 Å². The molecule has 28 heavy (non-hydrogen) atoms. The summed E-state index contributed by atoms with van der Waals surface area (Å²) in [5.41, 5.74) is 0.540. The maximum atomic E-state index is 12.6. The largest absolute Gasteiger partial charge is 0.497 e. The van der Waals surface area contributed by atoms with E-state index in [2.05, 4.69) is 10.5 Å². The first-order chi connectivity index (χ1) is 13.5. The van der Waals surface area contributed by atoms with Crippen LogP contribution in [0.3, 0.4) is 0 Å². The fraction of sp³-hybridized carbons (Fsp3) is 0.105. The van der Waals surface area contributed by atoms with E-state index in [4.69, 9.17) is 37.2 Å². The van der Waals surface area contributed by atoms with Crippen LogP contribution in [0.2, 0.25) is 10.0 Å². The lowest BCUT2D eigenvalue weighted by molar-refractivity contribution is 0.0602. The number of anilines is 1. The molecule has 0 atom stereocenters. The van der Waals surface area contributed by atoms with Gasteiger partial charge in [0.05, 0.1) is 24.3 Å². The Hall–Kier alpha value is -3.03. The van der Waals surface area contributed by atoms with Gasteiger partial charge in [0.2, 0.25) is 5.88 Å². The monoisotopic (exact) mass is 420 g/mol. The van der Waals surface area contributed by atoms with Gasteiger partial charge >= 0.3 is 5.97 Å². The standard InChI is InChI=1S/C19H14Cl2N2O5/c1-26-11-6-3-5-10(9-11)17(24)22-18-15(19(25)27-2)16(23-28-18)14-12(20)7-4-8-13(14)21/h3-9H,1-2H3,(H,22,24). The van der Waals surface area contributed by atoms with E-state index in [1.165, 1.54) is 20.3 Å². The molecule has 0 saturated carbocycles. The predicted molar refractivity (Wildman–Crippen MR) is 104 cm³/mol. The molecular formula is C19H14Cl2N2O5. The number of nitrogens with one attached hydrogen (secondary N) is 1. The summed E-state index contributed by atoms with van der Waals surface area (Å²) in [6.45, 7) is 0. The Labute approximate surface area is 170 Å². The van der Waals surface area contributed by atoms with Crippen LogP contribution in [0.15, 0.2) is 47.0 Å². The number of methoxy groups -OCH3 is 2. The minimum absolute atomic E-state index is 0.0587. The van der Waals surface area contributed by atoms with E-state index in [1.807, 2.05) is 0 Å². The number of aromatic nitrogens is 1. The van der Waals surface area contributed by atoms with Crippen molar-refractivity contribution in [2.24, 2.45) is 0 Å². The Morgan fingerprint density at radius 1 is 1.07 bits per heavy atom. The fourth-order valence-corrected chi connectivity index (χ4v) is 3.08. The third-order valence-corrected chi connectivity index (χ3v) is 4.47. The maximum absolute atomic E-state index is 12.6. The highest BCUT2D eigenvalue weighted by atomic mass is 35.5. The molecule has 0 bridgehead atoms. The number of carbonyl (C=O) groups excluding carboxylic acids is 2. The van der Waals surface area contributed by atoms with Crippen LogP contribution in [-0.4, -0.2) is 31.3 Å². The average Bonchev–Trinajstić information content (AvgIpc) is 3.10. The second-order valence-corrected chi connectivity index (χ2v) is 6.32. The third-order valence-electron chi connectivity index (χ3n) is 3.84. The summed E-state index contributed by atoms with van der Waals surface area (Å²) in [4.78, 5) is 24.9. The number of benzene rings is 2. The smallest absolute Gasteiger partial charge is 0.345 e. The average molecular weight is 421 g/mol. The highest BCUT2D eigenvalue weighted by molar-refractivity contribution is 6.39. The highest BCUT2D eigenvalue weighted by Crippen LogP contribution is 2.38. The molecule has 9 heteroatoms. The van der Waals surface area contributed by atoms with Gasteiger partial charge in [-0.25, -0.2) is 4.79 Å². The molecule has 0 fully saturated rings. The summed E-state index contributed by atoms with van der Waals surface area (Å²) >= 11 is 12.4. The predicted octanol–water partition coefficient (Wildman–Crippen LogP) is 4.70. The van der Waals surface area contributed by atoms with Crippen LogP contribution in [0.4, 0.5) is 5.88 Å². The molecule has 3 rings (SSSR count). The van der Waals surface area contributed by atoms with E-state index in [1.54, 1.807) is 36.4 Å². The van der Waals surface area contributed by atoms with Crippen molar-refractivity contribution in [2.75, 3.05) is 19.5 Å². The quantitative estimate of drug-likeness (QED) is 0.601. The van der Waals surface area contributed by atoms with Gasteiger partial charge in [0, 0.05) is 11.1 Å². The molecule has 0 radical (unpaired) electrons. The second kappa shape index (κ2) is 8.33. The van der Waals surface area contributed by atoms with Gasteiger partial charge in [-0.05, 0) is 30.3 Å². The first-order valence-corrected chi connectivity index (χ1v) is 8.69. The minimum Gasteiger partial charge on any atom is -0.497 e. The molecule has 3 aromatic rings. The summed E-state index contributed by atoms with van der Waals surface area (Å²) in [6.07, 6.45) is 0. The first-order valence-electron chi connectivity index (χ1n) is 7.94. The lowest BCUT2D eigenvalue weighted by Gasteiger charge is -2.07. The zero-order valence-electron chi connectivity index (χ0n) is 14.8. The Morgan fingerprint density at radius 2 is 1.75 bits per heavy atom. The molecule has 1 heterocycles. The minimum atomic E-state index is -0.770. The number of nitrogens with zero attached hydrogens (tertiary/aromatic N) is 1. The van der Waals surface area contributed by atoms with Gasteiger partial charge in [-0.1, -0.05) is 40.5 Å². The molecule has 0 aliphatic heterocycles. The van der Waals surface area contributed by atoms with E-state index in [-0.39, 0.29) is 32.8 Å². The van der Waals surface area contributed by atoms with Crippen molar-refractivity contribution in [2.45, 2.75) is 0 Å². The van der Waals surface area contributed by atoms with Crippen molar-refractivity contribution in [3.8, 4) is 17.0 Å². The van der Waals surface area contributed by atoms with Crippen molar-refractivity contribution in [1.29, 1.82) is 0 Å². The van der Waals surface area contributed by atoms with Gasteiger partial charge in [0.25, 0.3) is 5.91 Å². The van der Waals surface area contributed by atoms with Crippen LogP contribution >= 0.6 is 23.2 Å². The molecule has 0 saturated heterocycles. The van der Waals surface area contributed by atoms with Crippen molar-refractivity contribution < 1.29 is 23.6 Å². The summed E-state index contributed by atoms with van der Waals surface area (Å²) < 4.78 is 15.1. The Bertz CT molecular complexity index is 1030. The molecule has 1 N–H and O–H groups in total. The van der Waals surface area contributed by atoms with Crippen LogP contribution in [0, 0.1) is 0 Å². The van der Waals surface area contributed by atoms with Crippen LogP contribution in [-0.2, 0) is 4.74 Å². The fourth-order valence-electron chi connectivity index (χ4n) is 2.50. The number of amides is 1. The third kappa shape index (κ3) is 3.81. The zero-order chi connectivity index (χ0) is 20.3. The number of hydrogen-bond donors (Lipinski definition) is 1. The van der Waals surface area contributed by atoms with E-state index in [0.29, 0.717) is 11.3 Å². The molecule has 1 amide bonds. The molecule has 0 spiro atoms. The number of esters is 1. The highest BCUT2D eigenvalue weighted by Gasteiger charge is 2.29. The number of rotatable bonds is 5. The van der Waals surface area contributed by atoms with Gasteiger partial charge in [-0.3, -0.25) is 10.1 Å². The molecule has 0 aliphatic carbocycles. The lowest BCUT2D eigenvalue weighted by Crippen LogP contribution is -2.14. The number of ether oxygens (including phenoxy) is 2. The Balaban J connectivity index is 2.04. The van der Waals surface area contributed by atoms with Gasteiger partial charge in [0.1, 0.15) is 11.4 Å². The summed E-state index contributed by atoms with van der Waals surface area (Å²) in [6, 6.07) is 11.3. The van der Waals surface area contributed by atoms with Gasteiger partial charge in [-0.15, -0.1) is 0 Å². The van der Waals surface area contributed by atoms with E-state index in [9.17, 15) is 9.59 Å². The molecule has 144 valence electrons. The van der Waals surface area contributed by atoms with E-state index < -0.39 is 11.9 Å². The van der Waals surface area contributed by atoms with E-state index in [0.717, 1.165) is 0 Å². The summed E-state index contributed by atoms with van der Waals surface area (Å²) in [7, 11) is 2.68. The number of halogens is 2. The normalized spacial score (nSPS) is 10.4. The Kier molecular flexibility index (Phi) is 5.87. The second-order valence-electron chi connectivity index (χ2n) is 5.51. The molecular weight excluding hydrogens is 407 g/mol. The van der Waals surface area contributed by atoms with Crippen molar-refractivity contribution >= 4 is 41.0 Å². The molecule has 0 unspecified atom stereocenters. The van der Waals surface area contributed by atoms with Crippen molar-refractivity contribution in [1.82, 2.24) is 5.16 Å². The maximum Gasteiger partial charge on any atom is 0.345 e. The van der Waals surface area contributed by atoms with Crippen molar-refractivity contribution in [3.63, 3.8) is 0 Å². The lowest BCUT2D eigenvalue weighted by atomic mass is 10.1. The van der Waals surface area contributed by atoms with Gasteiger partial charge in [-0.2, -0.15) is 0 Å². The number of carbonyl (C=O) groups is 2. The molecule has 1 aromatic heterocycles. The van der Waals surface area contributed by atoms with Crippen molar-refractivity contribution in [3.05, 3.63) is 63.6 Å².